The van der Waals surface area contributed by atoms with Crippen molar-refractivity contribution in [1.29, 1.82) is 0 Å². The standard InChI is InChI=1S/C15H27N3O.2ClH/c1-15(6-2-3-7-16-15)14(19)18-10-8-17(9-11-18)12-13-4-5-13;;/h13,16H,2-12H2,1H3;2*1H. The van der Waals surface area contributed by atoms with E-state index in [1.807, 2.05) is 0 Å². The third kappa shape index (κ3) is 4.72. The lowest BCUT2D eigenvalue weighted by atomic mass is 9.89. The molecule has 21 heavy (non-hydrogen) atoms. The molecule has 4 nitrogen and oxygen atoms in total. The van der Waals surface area contributed by atoms with Crippen molar-refractivity contribution in [3.05, 3.63) is 0 Å². The largest absolute Gasteiger partial charge is 0.339 e. The molecule has 2 aliphatic heterocycles. The quantitative estimate of drug-likeness (QED) is 0.854. The van der Waals surface area contributed by atoms with Gasteiger partial charge in [0.25, 0.3) is 0 Å². The van der Waals surface area contributed by atoms with E-state index >= 15 is 0 Å². The van der Waals surface area contributed by atoms with Crippen LogP contribution in [0.5, 0.6) is 0 Å². The Bertz CT molecular complexity index is 336. The van der Waals surface area contributed by atoms with Crippen LogP contribution >= 0.6 is 24.8 Å². The van der Waals surface area contributed by atoms with Gasteiger partial charge in [-0.1, -0.05) is 0 Å². The Labute approximate surface area is 140 Å². The molecule has 2 saturated heterocycles. The Morgan fingerprint density at radius 2 is 1.81 bits per heavy atom. The third-order valence-corrected chi connectivity index (χ3v) is 4.96. The van der Waals surface area contributed by atoms with Gasteiger partial charge in [-0.05, 0) is 51.5 Å². The molecule has 3 rings (SSSR count). The Morgan fingerprint density at radius 1 is 1.14 bits per heavy atom. The van der Waals surface area contributed by atoms with Crippen LogP contribution in [0.3, 0.4) is 0 Å². The predicted octanol–water partition coefficient (Wildman–Crippen LogP) is 1.92. The zero-order valence-electron chi connectivity index (χ0n) is 13.0. The zero-order chi connectivity index (χ0) is 13.3. The van der Waals surface area contributed by atoms with Crippen molar-refractivity contribution in [3.63, 3.8) is 0 Å². The number of nitrogens with one attached hydrogen (secondary N) is 1. The summed E-state index contributed by atoms with van der Waals surface area (Å²) in [4.78, 5) is 17.3. The molecule has 3 fully saturated rings. The number of nitrogens with zero attached hydrogens (tertiary/aromatic N) is 2. The maximum atomic E-state index is 12.7. The predicted molar refractivity (Wildman–Crippen MR) is 90.5 cm³/mol. The van der Waals surface area contributed by atoms with Crippen molar-refractivity contribution in [3.8, 4) is 0 Å². The van der Waals surface area contributed by atoms with E-state index in [1.165, 1.54) is 32.2 Å². The Balaban J connectivity index is 0.00000110. The fourth-order valence-electron chi connectivity index (χ4n) is 3.39. The van der Waals surface area contributed by atoms with Gasteiger partial charge in [-0.3, -0.25) is 9.69 Å². The van der Waals surface area contributed by atoms with Crippen LogP contribution < -0.4 is 5.32 Å². The first-order chi connectivity index (χ1) is 9.17. The van der Waals surface area contributed by atoms with Gasteiger partial charge in [0.05, 0.1) is 5.54 Å². The number of halogens is 2. The molecule has 1 aliphatic carbocycles. The van der Waals surface area contributed by atoms with Crippen molar-refractivity contribution in [2.45, 2.75) is 44.6 Å². The summed E-state index contributed by atoms with van der Waals surface area (Å²) in [6.07, 6.45) is 6.21. The molecule has 0 bridgehead atoms. The molecule has 1 saturated carbocycles. The molecule has 0 aromatic heterocycles. The van der Waals surface area contributed by atoms with Gasteiger partial charge in [-0.15, -0.1) is 24.8 Å². The topological polar surface area (TPSA) is 35.6 Å². The van der Waals surface area contributed by atoms with Crippen molar-refractivity contribution in [1.82, 2.24) is 15.1 Å². The van der Waals surface area contributed by atoms with Gasteiger partial charge in [0.15, 0.2) is 0 Å². The summed E-state index contributed by atoms with van der Waals surface area (Å²) in [6.45, 7) is 8.31. The molecular formula is C15H29Cl2N3O. The summed E-state index contributed by atoms with van der Waals surface area (Å²) in [5.74, 6) is 1.29. The smallest absolute Gasteiger partial charge is 0.242 e. The highest BCUT2D eigenvalue weighted by atomic mass is 35.5. The molecule has 124 valence electrons. The zero-order valence-corrected chi connectivity index (χ0v) is 14.6. The first-order valence-corrected chi connectivity index (χ1v) is 7.94. The van der Waals surface area contributed by atoms with E-state index in [0.717, 1.165) is 45.1 Å². The average Bonchev–Trinajstić information content (AvgIpc) is 3.24. The van der Waals surface area contributed by atoms with E-state index in [0.29, 0.717) is 5.91 Å². The molecule has 1 N–H and O–H groups in total. The highest BCUT2D eigenvalue weighted by molar-refractivity contribution is 5.86. The molecule has 1 unspecified atom stereocenters. The van der Waals surface area contributed by atoms with Crippen molar-refractivity contribution < 1.29 is 4.79 Å². The Morgan fingerprint density at radius 3 is 2.33 bits per heavy atom. The summed E-state index contributed by atoms with van der Waals surface area (Å²) >= 11 is 0. The third-order valence-electron chi connectivity index (χ3n) is 4.96. The normalized spacial score (nSPS) is 30.2. The average molecular weight is 338 g/mol. The lowest BCUT2D eigenvalue weighted by Gasteiger charge is -2.41. The van der Waals surface area contributed by atoms with Crippen LogP contribution in [-0.2, 0) is 4.79 Å². The maximum Gasteiger partial charge on any atom is 0.242 e. The molecular weight excluding hydrogens is 309 g/mol. The van der Waals surface area contributed by atoms with Crippen molar-refractivity contribution in [2.75, 3.05) is 39.3 Å². The highest BCUT2D eigenvalue weighted by Crippen LogP contribution is 2.30. The maximum absolute atomic E-state index is 12.7. The number of hydrogen-bond donors (Lipinski definition) is 1. The van der Waals surface area contributed by atoms with E-state index in [2.05, 4.69) is 22.0 Å². The van der Waals surface area contributed by atoms with Crippen LogP contribution in [0, 0.1) is 5.92 Å². The fourth-order valence-corrected chi connectivity index (χ4v) is 3.39. The summed E-state index contributed by atoms with van der Waals surface area (Å²) in [6, 6.07) is 0. The van der Waals surface area contributed by atoms with E-state index in [1.54, 1.807) is 0 Å². The second kappa shape index (κ2) is 8.00. The molecule has 0 radical (unpaired) electrons. The second-order valence-electron chi connectivity index (χ2n) is 6.75. The number of rotatable bonds is 3. The van der Waals surface area contributed by atoms with Gasteiger partial charge in [0, 0.05) is 32.7 Å². The van der Waals surface area contributed by atoms with Crippen LogP contribution in [0.2, 0.25) is 0 Å². The van der Waals surface area contributed by atoms with Crippen LogP contribution in [0.1, 0.15) is 39.0 Å². The monoisotopic (exact) mass is 337 g/mol. The molecule has 1 atom stereocenters. The van der Waals surface area contributed by atoms with Crippen LogP contribution in [0.25, 0.3) is 0 Å². The van der Waals surface area contributed by atoms with Crippen LogP contribution in [0.4, 0.5) is 0 Å². The second-order valence-corrected chi connectivity index (χ2v) is 6.75. The van der Waals surface area contributed by atoms with Gasteiger partial charge in [0.2, 0.25) is 5.91 Å². The minimum Gasteiger partial charge on any atom is -0.339 e. The Hall–Kier alpha value is -0.0300. The summed E-state index contributed by atoms with van der Waals surface area (Å²) in [5.41, 5.74) is -0.295. The molecule has 0 aromatic rings. The highest BCUT2D eigenvalue weighted by Gasteiger charge is 2.38. The van der Waals surface area contributed by atoms with Crippen molar-refractivity contribution in [2.24, 2.45) is 5.92 Å². The number of carbonyl (C=O) groups excluding carboxylic acids is 1. The number of hydrogen-bond acceptors (Lipinski definition) is 3. The van der Waals surface area contributed by atoms with Gasteiger partial charge in [-0.25, -0.2) is 0 Å². The number of amides is 1. The summed E-state index contributed by atoms with van der Waals surface area (Å²) < 4.78 is 0. The summed E-state index contributed by atoms with van der Waals surface area (Å²) in [5, 5.41) is 3.44. The SMILES string of the molecule is CC1(C(=O)N2CCN(CC3CC3)CC2)CCCCN1.Cl.Cl. The van der Waals surface area contributed by atoms with Gasteiger partial charge < -0.3 is 10.2 Å². The first-order valence-electron chi connectivity index (χ1n) is 7.94. The van der Waals surface area contributed by atoms with E-state index < -0.39 is 0 Å². The number of carbonyl (C=O) groups is 1. The van der Waals surface area contributed by atoms with E-state index in [-0.39, 0.29) is 30.4 Å². The lowest BCUT2D eigenvalue weighted by molar-refractivity contribution is -0.140. The fraction of sp³-hybridized carbons (Fsp3) is 0.933. The van der Waals surface area contributed by atoms with Crippen LogP contribution in [0.15, 0.2) is 0 Å². The van der Waals surface area contributed by atoms with E-state index in [9.17, 15) is 4.79 Å². The summed E-state index contributed by atoms with van der Waals surface area (Å²) in [7, 11) is 0. The van der Waals surface area contributed by atoms with Gasteiger partial charge >= 0.3 is 0 Å². The first kappa shape index (κ1) is 19.0. The number of piperazine rings is 1. The van der Waals surface area contributed by atoms with Crippen LogP contribution in [-0.4, -0.2) is 60.5 Å². The van der Waals surface area contributed by atoms with Gasteiger partial charge in [0.1, 0.15) is 0 Å². The molecule has 0 spiro atoms. The molecule has 0 aromatic carbocycles. The molecule has 6 heteroatoms. The minimum absolute atomic E-state index is 0. The molecule has 2 heterocycles. The Kier molecular flexibility index (Phi) is 7.25. The van der Waals surface area contributed by atoms with E-state index in [4.69, 9.17) is 0 Å². The minimum atomic E-state index is -0.295. The molecule has 3 aliphatic rings. The molecule has 1 amide bonds. The number of piperidine rings is 1. The van der Waals surface area contributed by atoms with Gasteiger partial charge in [-0.2, -0.15) is 0 Å². The van der Waals surface area contributed by atoms with Crippen molar-refractivity contribution >= 4 is 30.7 Å². The lowest BCUT2D eigenvalue weighted by Crippen LogP contribution is -2.61.